The highest BCUT2D eigenvalue weighted by atomic mass is 32.2. The molecule has 0 fully saturated rings. The first-order valence-corrected chi connectivity index (χ1v) is 7.36. The van der Waals surface area contributed by atoms with Crippen LogP contribution in [0.4, 0.5) is 0 Å². The molecule has 0 rings (SSSR count). The van der Waals surface area contributed by atoms with Crippen LogP contribution in [0.5, 0.6) is 0 Å². The molecule has 0 aromatic rings. The van der Waals surface area contributed by atoms with Crippen molar-refractivity contribution in [2.45, 2.75) is 19.8 Å². The Morgan fingerprint density at radius 2 is 2.00 bits per heavy atom. The van der Waals surface area contributed by atoms with Crippen LogP contribution in [0.15, 0.2) is 0 Å². The summed E-state index contributed by atoms with van der Waals surface area (Å²) in [5, 5.41) is 3.10. The summed E-state index contributed by atoms with van der Waals surface area (Å²) in [7, 11) is -0.804. The number of ether oxygens (including phenoxy) is 1. The Kier molecular flexibility index (Phi) is 8.90. The van der Waals surface area contributed by atoms with Crippen LogP contribution in [0.3, 0.4) is 0 Å². The molecule has 7 nitrogen and oxygen atoms in total. The summed E-state index contributed by atoms with van der Waals surface area (Å²) < 4.78 is 31.4. The molecule has 0 aromatic heterocycles. The van der Waals surface area contributed by atoms with Crippen molar-refractivity contribution in [3.63, 3.8) is 0 Å². The van der Waals surface area contributed by atoms with E-state index in [9.17, 15) is 13.2 Å². The van der Waals surface area contributed by atoms with E-state index in [4.69, 9.17) is 0 Å². The Morgan fingerprint density at radius 1 is 1.33 bits per heavy atom. The molecule has 0 aliphatic carbocycles. The van der Waals surface area contributed by atoms with Gasteiger partial charge in [0.15, 0.2) is 0 Å². The molecule has 0 atom stereocenters. The molecule has 2 N–H and O–H groups in total. The van der Waals surface area contributed by atoms with Gasteiger partial charge in [0, 0.05) is 20.1 Å². The molecule has 8 heteroatoms. The largest absolute Gasteiger partial charge is 0.469 e. The van der Waals surface area contributed by atoms with Crippen molar-refractivity contribution in [1.82, 2.24) is 14.3 Å². The van der Waals surface area contributed by atoms with E-state index in [1.54, 1.807) is 0 Å². The summed E-state index contributed by atoms with van der Waals surface area (Å²) in [5.41, 5.74) is 0. The summed E-state index contributed by atoms with van der Waals surface area (Å²) in [5.74, 6) is -0.427. The number of hydrogen-bond acceptors (Lipinski definition) is 5. The van der Waals surface area contributed by atoms with E-state index >= 15 is 0 Å². The van der Waals surface area contributed by atoms with Gasteiger partial charge >= 0.3 is 5.97 Å². The molecule has 108 valence electrons. The zero-order valence-electron chi connectivity index (χ0n) is 11.2. The van der Waals surface area contributed by atoms with Crippen LogP contribution in [0, 0.1) is 0 Å². The summed E-state index contributed by atoms with van der Waals surface area (Å²) >= 11 is 0. The van der Waals surface area contributed by atoms with E-state index in [1.807, 2.05) is 6.92 Å². The fraction of sp³-hybridized carbons (Fsp3) is 0.900. The van der Waals surface area contributed by atoms with E-state index in [0.717, 1.165) is 23.8 Å². The Hall–Kier alpha value is -0.700. The number of esters is 1. The lowest BCUT2D eigenvalue weighted by Crippen LogP contribution is -2.40. The zero-order valence-corrected chi connectivity index (χ0v) is 12.0. The van der Waals surface area contributed by atoms with Gasteiger partial charge in [-0.1, -0.05) is 6.92 Å². The normalized spacial score (nSPS) is 11.8. The van der Waals surface area contributed by atoms with Crippen molar-refractivity contribution >= 4 is 16.2 Å². The predicted octanol–water partition coefficient (Wildman–Crippen LogP) is -0.685. The van der Waals surface area contributed by atoms with Crippen LogP contribution in [0.25, 0.3) is 0 Å². The van der Waals surface area contributed by atoms with Crippen LogP contribution in [-0.4, -0.2) is 59.0 Å². The molecule has 0 saturated carbocycles. The molecule has 0 spiro atoms. The second-order valence-corrected chi connectivity index (χ2v) is 5.62. The van der Waals surface area contributed by atoms with Gasteiger partial charge in [0.05, 0.1) is 13.5 Å². The molecule has 0 saturated heterocycles. The van der Waals surface area contributed by atoms with Gasteiger partial charge in [-0.25, -0.2) is 4.72 Å². The van der Waals surface area contributed by atoms with E-state index in [0.29, 0.717) is 6.54 Å². The number of carbonyl (C=O) groups is 1. The van der Waals surface area contributed by atoms with Crippen molar-refractivity contribution in [3.8, 4) is 0 Å². The smallest absolute Gasteiger partial charge is 0.306 e. The Labute approximate surface area is 109 Å². The maximum Gasteiger partial charge on any atom is 0.306 e. The van der Waals surface area contributed by atoms with Crippen molar-refractivity contribution in [2.24, 2.45) is 0 Å². The average Bonchev–Trinajstić information content (AvgIpc) is 2.34. The van der Waals surface area contributed by atoms with Gasteiger partial charge in [0.25, 0.3) is 10.2 Å². The standard InChI is InChI=1S/C10H23N3O4S/c1-4-11-7-5-8-12-18(15,16)13(2)9-6-10(14)17-3/h11-12H,4-9H2,1-3H3. The molecule has 0 radical (unpaired) electrons. The minimum atomic E-state index is -3.50. The third-order valence-electron chi connectivity index (χ3n) is 2.33. The van der Waals surface area contributed by atoms with Crippen molar-refractivity contribution in [3.05, 3.63) is 0 Å². The van der Waals surface area contributed by atoms with Gasteiger partial charge in [0.2, 0.25) is 0 Å². The Bertz CT molecular complexity index is 332. The van der Waals surface area contributed by atoms with Gasteiger partial charge in [-0.2, -0.15) is 12.7 Å². The first kappa shape index (κ1) is 17.3. The lowest BCUT2D eigenvalue weighted by molar-refractivity contribution is -0.140. The molecule has 0 unspecified atom stereocenters. The summed E-state index contributed by atoms with van der Waals surface area (Å²) in [6.07, 6.45) is 0.767. The van der Waals surface area contributed by atoms with Gasteiger partial charge in [0.1, 0.15) is 0 Å². The minimum absolute atomic E-state index is 0.0469. The average molecular weight is 281 g/mol. The molecule has 0 amide bonds. The second kappa shape index (κ2) is 9.26. The summed E-state index contributed by atoms with van der Waals surface area (Å²) in [6, 6.07) is 0. The molecule has 0 bridgehead atoms. The molecular weight excluding hydrogens is 258 g/mol. The van der Waals surface area contributed by atoms with Gasteiger partial charge < -0.3 is 10.1 Å². The van der Waals surface area contributed by atoms with Crippen LogP contribution in [-0.2, 0) is 19.7 Å². The zero-order chi connectivity index (χ0) is 14.0. The van der Waals surface area contributed by atoms with Gasteiger partial charge in [-0.3, -0.25) is 4.79 Å². The molecular formula is C10H23N3O4S. The van der Waals surface area contributed by atoms with Gasteiger partial charge in [-0.05, 0) is 19.5 Å². The SMILES string of the molecule is CCNCCCNS(=O)(=O)N(C)CCC(=O)OC. The fourth-order valence-corrected chi connectivity index (χ4v) is 2.13. The van der Waals surface area contributed by atoms with Crippen molar-refractivity contribution in [1.29, 1.82) is 0 Å². The fourth-order valence-electron chi connectivity index (χ4n) is 1.17. The number of hydrogen-bond donors (Lipinski definition) is 2. The van der Waals surface area contributed by atoms with Crippen LogP contribution < -0.4 is 10.0 Å². The van der Waals surface area contributed by atoms with E-state index in [-0.39, 0.29) is 13.0 Å². The molecule has 18 heavy (non-hydrogen) atoms. The van der Waals surface area contributed by atoms with Crippen molar-refractivity contribution < 1.29 is 17.9 Å². The maximum absolute atomic E-state index is 11.7. The first-order chi connectivity index (χ1) is 8.44. The predicted molar refractivity (Wildman–Crippen MR) is 69.3 cm³/mol. The quantitative estimate of drug-likeness (QED) is 0.409. The Balaban J connectivity index is 3.92. The van der Waals surface area contributed by atoms with Crippen LogP contribution in [0.2, 0.25) is 0 Å². The molecule has 0 aliphatic heterocycles. The highest BCUT2D eigenvalue weighted by molar-refractivity contribution is 7.87. The summed E-state index contributed by atoms with van der Waals surface area (Å²) in [6.45, 7) is 4.11. The molecule has 0 aromatic carbocycles. The number of rotatable bonds is 10. The summed E-state index contributed by atoms with van der Waals surface area (Å²) in [4.78, 5) is 10.9. The van der Waals surface area contributed by atoms with Crippen molar-refractivity contribution in [2.75, 3.05) is 40.3 Å². The highest BCUT2D eigenvalue weighted by Crippen LogP contribution is 1.97. The number of nitrogens with one attached hydrogen (secondary N) is 2. The monoisotopic (exact) mass is 281 g/mol. The van der Waals surface area contributed by atoms with Gasteiger partial charge in [-0.15, -0.1) is 0 Å². The van der Waals surface area contributed by atoms with Crippen LogP contribution >= 0.6 is 0 Å². The van der Waals surface area contributed by atoms with E-state index in [1.165, 1.54) is 14.2 Å². The third-order valence-corrected chi connectivity index (χ3v) is 3.91. The topological polar surface area (TPSA) is 87.7 Å². The number of methoxy groups -OCH3 is 1. The molecule has 0 heterocycles. The number of nitrogens with zero attached hydrogens (tertiary/aromatic N) is 1. The van der Waals surface area contributed by atoms with E-state index in [2.05, 4.69) is 14.8 Å². The highest BCUT2D eigenvalue weighted by Gasteiger charge is 2.17. The molecule has 0 aliphatic rings. The minimum Gasteiger partial charge on any atom is -0.469 e. The lowest BCUT2D eigenvalue weighted by Gasteiger charge is -2.17. The lowest BCUT2D eigenvalue weighted by atomic mass is 10.4. The third kappa shape index (κ3) is 7.59. The van der Waals surface area contributed by atoms with E-state index < -0.39 is 16.2 Å². The first-order valence-electron chi connectivity index (χ1n) is 5.92. The van der Waals surface area contributed by atoms with Crippen LogP contribution in [0.1, 0.15) is 19.8 Å². The number of carbonyl (C=O) groups excluding carboxylic acids is 1. The second-order valence-electron chi connectivity index (χ2n) is 3.75. The maximum atomic E-state index is 11.7. The Morgan fingerprint density at radius 3 is 2.56 bits per heavy atom.